The standard InChI is InChI=1S/C18H19N3O/c1-11(2)13-7-8-16-15(10-13)17(18(22)19-16)21-20-14-6-4-5-12(3)9-14/h4-11,19,22H,1-3H3. The summed E-state index contributed by atoms with van der Waals surface area (Å²) in [7, 11) is 0. The minimum absolute atomic E-state index is 0.0484. The van der Waals surface area contributed by atoms with E-state index in [0.717, 1.165) is 22.2 Å². The second-order valence-corrected chi connectivity index (χ2v) is 5.82. The van der Waals surface area contributed by atoms with Crippen molar-refractivity contribution in [1.82, 2.24) is 4.98 Å². The number of aromatic amines is 1. The molecule has 0 unspecified atom stereocenters. The van der Waals surface area contributed by atoms with Crippen LogP contribution in [0.2, 0.25) is 0 Å². The van der Waals surface area contributed by atoms with Crippen LogP contribution < -0.4 is 0 Å². The average molecular weight is 293 g/mol. The zero-order valence-corrected chi connectivity index (χ0v) is 13.0. The molecule has 0 atom stereocenters. The third-order valence-corrected chi connectivity index (χ3v) is 3.71. The molecule has 0 amide bonds. The molecule has 0 radical (unpaired) electrons. The molecule has 1 heterocycles. The Labute approximate surface area is 129 Å². The van der Waals surface area contributed by atoms with E-state index in [1.807, 2.05) is 37.3 Å². The first-order chi connectivity index (χ1) is 10.5. The summed E-state index contributed by atoms with van der Waals surface area (Å²) >= 11 is 0. The molecule has 3 rings (SSSR count). The van der Waals surface area contributed by atoms with Gasteiger partial charge >= 0.3 is 0 Å². The lowest BCUT2D eigenvalue weighted by Crippen LogP contribution is -1.85. The topological polar surface area (TPSA) is 60.7 Å². The van der Waals surface area contributed by atoms with Crippen molar-refractivity contribution in [3.8, 4) is 5.88 Å². The van der Waals surface area contributed by atoms with E-state index >= 15 is 0 Å². The number of rotatable bonds is 3. The van der Waals surface area contributed by atoms with E-state index in [1.54, 1.807) is 0 Å². The maximum absolute atomic E-state index is 10.1. The van der Waals surface area contributed by atoms with Crippen molar-refractivity contribution in [1.29, 1.82) is 0 Å². The maximum Gasteiger partial charge on any atom is 0.218 e. The van der Waals surface area contributed by atoms with Crippen LogP contribution in [0.15, 0.2) is 52.7 Å². The van der Waals surface area contributed by atoms with E-state index in [0.29, 0.717) is 11.6 Å². The first-order valence-corrected chi connectivity index (χ1v) is 7.37. The summed E-state index contributed by atoms with van der Waals surface area (Å²) in [5.74, 6) is 0.468. The summed E-state index contributed by atoms with van der Waals surface area (Å²) in [6.07, 6.45) is 0. The number of hydrogen-bond acceptors (Lipinski definition) is 3. The van der Waals surface area contributed by atoms with Crippen molar-refractivity contribution in [2.24, 2.45) is 10.2 Å². The van der Waals surface area contributed by atoms with Gasteiger partial charge in [0.2, 0.25) is 5.88 Å². The third kappa shape index (κ3) is 2.72. The summed E-state index contributed by atoms with van der Waals surface area (Å²) < 4.78 is 0. The number of benzene rings is 2. The molecule has 2 N–H and O–H groups in total. The second-order valence-electron chi connectivity index (χ2n) is 5.82. The number of H-pyrrole nitrogens is 1. The minimum atomic E-state index is 0.0484. The molecule has 0 aliphatic heterocycles. The normalized spacial score (nSPS) is 11.8. The number of azo groups is 1. The van der Waals surface area contributed by atoms with Gasteiger partial charge in [-0.25, -0.2) is 0 Å². The van der Waals surface area contributed by atoms with Crippen molar-refractivity contribution < 1.29 is 5.11 Å². The fourth-order valence-corrected chi connectivity index (χ4v) is 2.44. The quantitative estimate of drug-likeness (QED) is 0.596. The average Bonchev–Trinajstić information content (AvgIpc) is 2.79. The molecule has 4 heteroatoms. The lowest BCUT2D eigenvalue weighted by Gasteiger charge is -2.04. The van der Waals surface area contributed by atoms with Gasteiger partial charge in [0, 0.05) is 5.39 Å². The van der Waals surface area contributed by atoms with Crippen LogP contribution in [0.5, 0.6) is 5.88 Å². The number of aromatic hydroxyl groups is 1. The molecule has 1 aromatic heterocycles. The molecule has 4 nitrogen and oxygen atoms in total. The van der Waals surface area contributed by atoms with Crippen LogP contribution in [0.3, 0.4) is 0 Å². The molecule has 0 fully saturated rings. The number of nitrogens with one attached hydrogen (secondary N) is 1. The summed E-state index contributed by atoms with van der Waals surface area (Å²) in [4.78, 5) is 2.94. The van der Waals surface area contributed by atoms with Gasteiger partial charge in [0.25, 0.3) is 0 Å². The van der Waals surface area contributed by atoms with Gasteiger partial charge in [0.1, 0.15) is 0 Å². The van der Waals surface area contributed by atoms with Crippen LogP contribution in [-0.2, 0) is 0 Å². The summed E-state index contributed by atoms with van der Waals surface area (Å²) in [6, 6.07) is 13.9. The molecular weight excluding hydrogens is 274 g/mol. The van der Waals surface area contributed by atoms with E-state index in [9.17, 15) is 5.11 Å². The molecule has 0 saturated carbocycles. The van der Waals surface area contributed by atoms with Gasteiger partial charge in [-0.2, -0.15) is 5.11 Å². The Morgan fingerprint density at radius 1 is 1.05 bits per heavy atom. The van der Waals surface area contributed by atoms with Gasteiger partial charge in [-0.15, -0.1) is 5.11 Å². The zero-order chi connectivity index (χ0) is 15.7. The predicted molar refractivity (Wildman–Crippen MR) is 89.4 cm³/mol. The van der Waals surface area contributed by atoms with E-state index in [2.05, 4.69) is 41.2 Å². The predicted octanol–water partition coefficient (Wildman–Crippen LogP) is 5.72. The summed E-state index contributed by atoms with van der Waals surface area (Å²) in [6.45, 7) is 6.29. The first-order valence-electron chi connectivity index (χ1n) is 7.37. The molecule has 0 spiro atoms. The second kappa shape index (κ2) is 5.64. The molecule has 0 saturated heterocycles. The van der Waals surface area contributed by atoms with Crippen LogP contribution in [0.4, 0.5) is 11.4 Å². The van der Waals surface area contributed by atoms with E-state index in [4.69, 9.17) is 0 Å². The molecular formula is C18H19N3O. The monoisotopic (exact) mass is 293 g/mol. The largest absolute Gasteiger partial charge is 0.493 e. The Morgan fingerprint density at radius 2 is 1.86 bits per heavy atom. The molecule has 2 aromatic carbocycles. The number of fused-ring (bicyclic) bond motifs is 1. The van der Waals surface area contributed by atoms with Crippen LogP contribution in [0.25, 0.3) is 10.9 Å². The van der Waals surface area contributed by atoms with Gasteiger partial charge in [-0.1, -0.05) is 32.0 Å². The Morgan fingerprint density at radius 3 is 2.59 bits per heavy atom. The van der Waals surface area contributed by atoms with Crippen molar-refractivity contribution >= 4 is 22.3 Å². The summed E-state index contributed by atoms with van der Waals surface area (Å²) in [5, 5.41) is 19.5. The van der Waals surface area contributed by atoms with Gasteiger partial charge in [-0.05, 0) is 48.2 Å². The van der Waals surface area contributed by atoms with Crippen molar-refractivity contribution in [2.75, 3.05) is 0 Å². The fraction of sp³-hybridized carbons (Fsp3) is 0.222. The Bertz CT molecular complexity index is 847. The van der Waals surface area contributed by atoms with Crippen molar-refractivity contribution in [3.05, 3.63) is 53.6 Å². The van der Waals surface area contributed by atoms with Gasteiger partial charge in [-0.3, -0.25) is 0 Å². The Hall–Kier alpha value is -2.62. The van der Waals surface area contributed by atoms with Crippen molar-refractivity contribution in [2.45, 2.75) is 26.7 Å². The minimum Gasteiger partial charge on any atom is -0.493 e. The zero-order valence-electron chi connectivity index (χ0n) is 13.0. The van der Waals surface area contributed by atoms with Gasteiger partial charge < -0.3 is 10.1 Å². The highest BCUT2D eigenvalue weighted by molar-refractivity contribution is 5.94. The lowest BCUT2D eigenvalue weighted by atomic mass is 10.0. The molecule has 0 bridgehead atoms. The molecule has 3 aromatic rings. The molecule has 112 valence electrons. The Kier molecular flexibility index (Phi) is 3.67. The van der Waals surface area contributed by atoms with Crippen LogP contribution in [0.1, 0.15) is 30.9 Å². The van der Waals surface area contributed by atoms with E-state index in [1.165, 1.54) is 5.56 Å². The first kappa shape index (κ1) is 14.3. The van der Waals surface area contributed by atoms with Crippen molar-refractivity contribution in [3.63, 3.8) is 0 Å². The van der Waals surface area contributed by atoms with Crippen LogP contribution in [-0.4, -0.2) is 10.1 Å². The Balaban J connectivity index is 2.06. The van der Waals surface area contributed by atoms with Crippen LogP contribution in [0, 0.1) is 6.92 Å². The molecule has 0 aliphatic carbocycles. The van der Waals surface area contributed by atoms with Gasteiger partial charge in [0.05, 0.1) is 11.2 Å². The molecule has 22 heavy (non-hydrogen) atoms. The highest BCUT2D eigenvalue weighted by Gasteiger charge is 2.12. The highest BCUT2D eigenvalue weighted by Crippen LogP contribution is 2.37. The smallest absolute Gasteiger partial charge is 0.218 e. The fourth-order valence-electron chi connectivity index (χ4n) is 2.44. The lowest BCUT2D eigenvalue weighted by molar-refractivity contribution is 0.459. The number of aryl methyl sites for hydroxylation is 1. The molecule has 0 aliphatic rings. The number of aromatic nitrogens is 1. The third-order valence-electron chi connectivity index (χ3n) is 3.71. The number of nitrogens with zero attached hydrogens (tertiary/aromatic N) is 2. The van der Waals surface area contributed by atoms with E-state index in [-0.39, 0.29) is 5.88 Å². The van der Waals surface area contributed by atoms with E-state index < -0.39 is 0 Å². The highest BCUT2D eigenvalue weighted by atomic mass is 16.3. The maximum atomic E-state index is 10.1. The number of hydrogen-bond donors (Lipinski definition) is 2. The SMILES string of the molecule is Cc1cccc(N=Nc2c(O)[nH]c3ccc(C(C)C)cc23)c1. The van der Waals surface area contributed by atoms with Crippen LogP contribution >= 0.6 is 0 Å². The van der Waals surface area contributed by atoms with Gasteiger partial charge in [0.15, 0.2) is 5.69 Å². The summed E-state index contributed by atoms with van der Waals surface area (Å²) in [5.41, 5.74) is 4.45.